The lowest BCUT2D eigenvalue weighted by molar-refractivity contribution is -0.205. The zero-order chi connectivity index (χ0) is 18.7. The van der Waals surface area contributed by atoms with E-state index in [-0.39, 0.29) is 18.1 Å². The van der Waals surface area contributed by atoms with E-state index in [1.807, 2.05) is 6.08 Å². The quantitative estimate of drug-likeness (QED) is 0.347. The number of unbranched alkanes of at least 4 members (excludes halogenated alkanes) is 6. The minimum atomic E-state index is -2.64. The molecule has 3 N–H and O–H groups in total. The summed E-state index contributed by atoms with van der Waals surface area (Å²) in [4.78, 5) is 22.6. The SMILES string of the molecule is CCCCCC/C=C/C1=CCC(=O)[C@@H]1CCCCCC(O)(O)C(=O)O. The van der Waals surface area contributed by atoms with Crippen LogP contribution < -0.4 is 0 Å². The van der Waals surface area contributed by atoms with E-state index in [4.69, 9.17) is 5.11 Å². The lowest BCUT2D eigenvalue weighted by Gasteiger charge is -2.16. The average molecular weight is 352 g/mol. The van der Waals surface area contributed by atoms with Crippen molar-refractivity contribution in [2.75, 3.05) is 0 Å². The molecule has 25 heavy (non-hydrogen) atoms. The van der Waals surface area contributed by atoms with Crippen molar-refractivity contribution in [2.24, 2.45) is 5.92 Å². The molecule has 0 aromatic carbocycles. The maximum atomic E-state index is 12.0. The van der Waals surface area contributed by atoms with Crippen LogP contribution in [0.2, 0.25) is 0 Å². The van der Waals surface area contributed by atoms with Gasteiger partial charge in [0.15, 0.2) is 0 Å². The molecule has 0 saturated heterocycles. The Hall–Kier alpha value is -1.46. The number of carboxylic acid groups (broad SMARTS) is 1. The van der Waals surface area contributed by atoms with Crippen LogP contribution >= 0.6 is 0 Å². The molecule has 0 amide bonds. The van der Waals surface area contributed by atoms with Crippen LogP contribution in [0.3, 0.4) is 0 Å². The predicted molar refractivity (Wildman–Crippen MR) is 97.0 cm³/mol. The third-order valence-electron chi connectivity index (χ3n) is 4.73. The number of allylic oxidation sites excluding steroid dienone is 4. The van der Waals surface area contributed by atoms with Crippen molar-refractivity contribution < 1.29 is 24.9 Å². The van der Waals surface area contributed by atoms with Crippen LogP contribution in [-0.4, -0.2) is 32.9 Å². The van der Waals surface area contributed by atoms with E-state index in [1.165, 1.54) is 25.7 Å². The first-order chi connectivity index (χ1) is 11.9. The summed E-state index contributed by atoms with van der Waals surface area (Å²) in [7, 11) is 0. The molecule has 1 aliphatic rings. The van der Waals surface area contributed by atoms with Gasteiger partial charge in [-0.3, -0.25) is 4.79 Å². The molecular weight excluding hydrogens is 320 g/mol. The van der Waals surface area contributed by atoms with Gasteiger partial charge in [0, 0.05) is 18.8 Å². The molecule has 0 radical (unpaired) electrons. The Labute approximate surface area is 150 Å². The van der Waals surface area contributed by atoms with E-state index >= 15 is 0 Å². The lowest BCUT2D eigenvalue weighted by atomic mass is 9.92. The fourth-order valence-electron chi connectivity index (χ4n) is 3.11. The Kier molecular flexibility index (Phi) is 9.68. The maximum Gasteiger partial charge on any atom is 0.364 e. The van der Waals surface area contributed by atoms with E-state index in [1.54, 1.807) is 0 Å². The monoisotopic (exact) mass is 352 g/mol. The van der Waals surface area contributed by atoms with Gasteiger partial charge in [0.2, 0.25) is 0 Å². The molecule has 0 fully saturated rings. The molecule has 0 bridgehead atoms. The highest BCUT2D eigenvalue weighted by atomic mass is 16.5. The standard InChI is InChI=1S/C20H32O5/c1-2-3-4-5-6-8-11-16-13-14-18(21)17(16)12-9-7-10-15-20(24,25)19(22)23/h8,11,13,17,24-25H,2-7,9-10,12,14-15H2,1H3,(H,22,23)/b11-8+/t17-/m1/s1. The number of aliphatic hydroxyl groups is 2. The van der Waals surface area contributed by atoms with Crippen molar-refractivity contribution in [3.8, 4) is 0 Å². The van der Waals surface area contributed by atoms with Crippen molar-refractivity contribution in [3.05, 3.63) is 23.8 Å². The molecule has 0 spiro atoms. The number of carbonyl (C=O) groups is 2. The molecule has 0 heterocycles. The third kappa shape index (κ3) is 7.97. The summed E-state index contributed by atoms with van der Waals surface area (Å²) in [5.41, 5.74) is 1.10. The normalized spacial score (nSPS) is 18.1. The van der Waals surface area contributed by atoms with Crippen molar-refractivity contribution in [1.82, 2.24) is 0 Å². The average Bonchev–Trinajstić information content (AvgIpc) is 2.90. The Morgan fingerprint density at radius 3 is 2.60 bits per heavy atom. The Morgan fingerprint density at radius 2 is 1.92 bits per heavy atom. The molecule has 0 aliphatic heterocycles. The highest BCUT2D eigenvalue weighted by Gasteiger charge is 2.32. The van der Waals surface area contributed by atoms with Crippen molar-refractivity contribution in [1.29, 1.82) is 0 Å². The first kappa shape index (κ1) is 21.6. The van der Waals surface area contributed by atoms with E-state index in [2.05, 4.69) is 19.1 Å². The number of carboxylic acids is 1. The molecule has 1 rings (SSSR count). The number of rotatable bonds is 13. The summed E-state index contributed by atoms with van der Waals surface area (Å²) in [6.45, 7) is 2.19. The smallest absolute Gasteiger partial charge is 0.364 e. The van der Waals surface area contributed by atoms with Gasteiger partial charge in [-0.05, 0) is 31.3 Å². The zero-order valence-corrected chi connectivity index (χ0v) is 15.2. The van der Waals surface area contributed by atoms with Gasteiger partial charge in [0.1, 0.15) is 5.78 Å². The second kappa shape index (κ2) is 11.2. The largest absolute Gasteiger partial charge is 0.477 e. The number of aliphatic carboxylic acids is 1. The van der Waals surface area contributed by atoms with E-state index in [0.717, 1.165) is 24.8 Å². The Bertz CT molecular complexity index is 490. The zero-order valence-electron chi connectivity index (χ0n) is 15.2. The number of ketones is 1. The summed E-state index contributed by atoms with van der Waals surface area (Å²) in [6, 6.07) is 0. The second-order valence-electron chi connectivity index (χ2n) is 6.90. The number of hydrogen-bond donors (Lipinski definition) is 3. The van der Waals surface area contributed by atoms with Crippen molar-refractivity contribution in [3.63, 3.8) is 0 Å². The van der Waals surface area contributed by atoms with Crippen LogP contribution in [0.1, 0.15) is 77.6 Å². The first-order valence-corrected chi connectivity index (χ1v) is 9.46. The Balaban J connectivity index is 2.29. The highest BCUT2D eigenvalue weighted by Crippen LogP contribution is 2.29. The predicted octanol–water partition coefficient (Wildman–Crippen LogP) is 3.74. The first-order valence-electron chi connectivity index (χ1n) is 9.46. The van der Waals surface area contributed by atoms with E-state index in [9.17, 15) is 19.8 Å². The summed E-state index contributed by atoms with van der Waals surface area (Å²) >= 11 is 0. The van der Waals surface area contributed by atoms with Crippen LogP contribution in [-0.2, 0) is 9.59 Å². The molecule has 142 valence electrons. The highest BCUT2D eigenvalue weighted by molar-refractivity contribution is 5.89. The van der Waals surface area contributed by atoms with Crippen molar-refractivity contribution in [2.45, 2.75) is 83.3 Å². The summed E-state index contributed by atoms with van der Waals surface area (Å²) in [5.74, 6) is -4.07. The van der Waals surface area contributed by atoms with Gasteiger partial charge < -0.3 is 15.3 Å². The minimum Gasteiger partial charge on any atom is -0.477 e. The van der Waals surface area contributed by atoms with Crippen LogP contribution in [0.4, 0.5) is 0 Å². The van der Waals surface area contributed by atoms with Crippen LogP contribution in [0, 0.1) is 5.92 Å². The van der Waals surface area contributed by atoms with E-state index < -0.39 is 11.8 Å². The van der Waals surface area contributed by atoms with Gasteiger partial charge >= 0.3 is 5.97 Å². The third-order valence-corrected chi connectivity index (χ3v) is 4.73. The van der Waals surface area contributed by atoms with Gasteiger partial charge in [-0.25, -0.2) is 4.79 Å². The van der Waals surface area contributed by atoms with Gasteiger partial charge in [-0.15, -0.1) is 0 Å². The van der Waals surface area contributed by atoms with Gasteiger partial charge in [-0.1, -0.05) is 57.3 Å². The minimum absolute atomic E-state index is 0.0561. The second-order valence-corrected chi connectivity index (χ2v) is 6.90. The number of hydrogen-bond acceptors (Lipinski definition) is 4. The van der Waals surface area contributed by atoms with Gasteiger partial charge in [0.25, 0.3) is 5.79 Å². The molecule has 1 aliphatic carbocycles. The maximum absolute atomic E-state index is 12.0. The van der Waals surface area contributed by atoms with Gasteiger partial charge in [0.05, 0.1) is 0 Å². The fraction of sp³-hybridized carbons (Fsp3) is 0.700. The fourth-order valence-corrected chi connectivity index (χ4v) is 3.11. The molecule has 5 nitrogen and oxygen atoms in total. The summed E-state index contributed by atoms with van der Waals surface area (Å²) in [6.07, 6.45) is 15.1. The molecule has 0 aromatic heterocycles. The molecule has 1 atom stereocenters. The van der Waals surface area contributed by atoms with Gasteiger partial charge in [-0.2, -0.15) is 0 Å². The lowest BCUT2D eigenvalue weighted by Crippen LogP contribution is -2.37. The van der Waals surface area contributed by atoms with Crippen LogP contribution in [0.5, 0.6) is 0 Å². The number of carbonyl (C=O) groups excluding carboxylic acids is 1. The summed E-state index contributed by atoms with van der Waals surface area (Å²) in [5, 5.41) is 27.1. The van der Waals surface area contributed by atoms with Crippen LogP contribution in [0.15, 0.2) is 23.8 Å². The Morgan fingerprint density at radius 1 is 1.20 bits per heavy atom. The number of Topliss-reactive ketones (excluding diaryl/α,β-unsaturated/α-hetero) is 1. The topological polar surface area (TPSA) is 94.8 Å². The van der Waals surface area contributed by atoms with Crippen LogP contribution in [0.25, 0.3) is 0 Å². The van der Waals surface area contributed by atoms with E-state index in [0.29, 0.717) is 19.3 Å². The molecule has 0 unspecified atom stereocenters. The van der Waals surface area contributed by atoms with Crippen molar-refractivity contribution >= 4 is 11.8 Å². The summed E-state index contributed by atoms with van der Waals surface area (Å²) < 4.78 is 0. The molecule has 0 aromatic rings. The molecule has 5 heteroatoms. The molecule has 0 saturated carbocycles. The molecular formula is C20H32O5.